The van der Waals surface area contributed by atoms with E-state index in [-0.39, 0.29) is 30.3 Å². The number of esters is 1. The molecule has 10 heteroatoms. The lowest BCUT2D eigenvalue weighted by molar-refractivity contribution is -0.137. The van der Waals surface area contributed by atoms with Crippen LogP contribution in [0.1, 0.15) is 25.3 Å². The first-order valence-electron chi connectivity index (χ1n) is 8.17. The Bertz CT molecular complexity index is 1020. The van der Waals surface area contributed by atoms with Crippen LogP contribution in [-0.2, 0) is 26.3 Å². The van der Waals surface area contributed by atoms with E-state index in [1.165, 1.54) is 13.1 Å². The van der Waals surface area contributed by atoms with Gasteiger partial charge in [-0.15, -0.1) is 4.40 Å². The zero-order valence-electron chi connectivity index (χ0n) is 15.0. The van der Waals surface area contributed by atoms with Crippen LogP contribution >= 0.6 is 0 Å². The van der Waals surface area contributed by atoms with Gasteiger partial charge in [0.2, 0.25) is 11.7 Å². The fourth-order valence-corrected chi connectivity index (χ4v) is 3.45. The Hall–Kier alpha value is -3.01. The molecule has 2 aromatic rings. The minimum absolute atomic E-state index is 0.0601. The fraction of sp³-hybridized carbons (Fsp3) is 0.294. The van der Waals surface area contributed by atoms with Crippen molar-refractivity contribution in [3.8, 4) is 11.4 Å². The highest BCUT2D eigenvalue weighted by Gasteiger charge is 2.30. The fourth-order valence-electron chi connectivity index (χ4n) is 2.39. The first-order chi connectivity index (χ1) is 12.8. The van der Waals surface area contributed by atoms with Gasteiger partial charge < -0.3 is 9.26 Å². The van der Waals surface area contributed by atoms with Crippen LogP contribution < -0.4 is 0 Å². The van der Waals surface area contributed by atoms with E-state index in [2.05, 4.69) is 14.5 Å². The molecule has 0 unspecified atom stereocenters. The molecule has 0 saturated carbocycles. The van der Waals surface area contributed by atoms with Crippen molar-refractivity contribution >= 4 is 21.9 Å². The van der Waals surface area contributed by atoms with Crippen molar-refractivity contribution in [3.05, 3.63) is 47.5 Å². The van der Waals surface area contributed by atoms with Crippen LogP contribution in [0.4, 0.5) is 0 Å². The summed E-state index contributed by atoms with van der Waals surface area (Å²) in [5.74, 6) is -0.235. The van der Waals surface area contributed by atoms with Crippen molar-refractivity contribution in [3.63, 3.8) is 0 Å². The van der Waals surface area contributed by atoms with Crippen LogP contribution in [0.3, 0.4) is 0 Å². The van der Waals surface area contributed by atoms with Gasteiger partial charge in [0.05, 0.1) is 17.9 Å². The molecule has 0 bridgehead atoms. The number of aromatic nitrogens is 2. The number of aryl methyl sites for hydroxylation is 1. The number of hydrogen-bond acceptors (Lipinski definition) is 7. The monoisotopic (exact) mass is 390 g/mol. The summed E-state index contributed by atoms with van der Waals surface area (Å²) in [7, 11) is -4.00. The Morgan fingerprint density at radius 3 is 2.59 bits per heavy atom. The number of hydrogen-bond donors (Lipinski definition) is 0. The zero-order valence-corrected chi connectivity index (χ0v) is 15.9. The summed E-state index contributed by atoms with van der Waals surface area (Å²) >= 11 is 0. The number of benzene rings is 1. The minimum atomic E-state index is -4.00. The van der Waals surface area contributed by atoms with Gasteiger partial charge in [-0.2, -0.15) is 13.4 Å². The Kier molecular flexibility index (Phi) is 5.08. The zero-order chi connectivity index (χ0) is 19.6. The smallest absolute Gasteiger partial charge is 0.344 e. The summed E-state index contributed by atoms with van der Waals surface area (Å²) in [4.78, 5) is 16.2. The molecule has 27 heavy (non-hydrogen) atoms. The lowest BCUT2D eigenvalue weighted by Gasteiger charge is -2.21. The van der Waals surface area contributed by atoms with Crippen LogP contribution in [0.15, 0.2) is 45.0 Å². The van der Waals surface area contributed by atoms with Crippen molar-refractivity contribution in [2.45, 2.75) is 27.3 Å². The van der Waals surface area contributed by atoms with Crippen LogP contribution in [0, 0.1) is 6.92 Å². The second kappa shape index (κ2) is 7.31. The minimum Gasteiger partial charge on any atom is -0.462 e. The van der Waals surface area contributed by atoms with Gasteiger partial charge in [0.1, 0.15) is 6.54 Å². The topological polar surface area (TPSA) is 115 Å². The second-order valence-corrected chi connectivity index (χ2v) is 7.39. The van der Waals surface area contributed by atoms with Gasteiger partial charge in [0, 0.05) is 11.8 Å². The first-order valence-corrected chi connectivity index (χ1v) is 9.57. The van der Waals surface area contributed by atoms with Crippen molar-refractivity contribution in [2.75, 3.05) is 6.61 Å². The predicted molar refractivity (Wildman–Crippen MR) is 96.8 cm³/mol. The predicted octanol–water partition coefficient (Wildman–Crippen LogP) is 2.01. The summed E-state index contributed by atoms with van der Waals surface area (Å²) < 4.78 is 39.1. The van der Waals surface area contributed by atoms with Crippen LogP contribution in [0.5, 0.6) is 0 Å². The molecule has 0 fully saturated rings. The molecule has 0 saturated heterocycles. The van der Waals surface area contributed by atoms with E-state index in [0.29, 0.717) is 5.82 Å². The van der Waals surface area contributed by atoms with E-state index in [0.717, 1.165) is 15.4 Å². The number of carbonyl (C=O) groups is 1. The van der Waals surface area contributed by atoms with Gasteiger partial charge >= 0.3 is 16.2 Å². The highest BCUT2D eigenvalue weighted by Crippen LogP contribution is 2.21. The molecule has 0 amide bonds. The molecule has 0 atom stereocenters. The van der Waals surface area contributed by atoms with Crippen LogP contribution in [-0.4, -0.2) is 41.2 Å². The molecule has 1 aromatic carbocycles. The Balaban J connectivity index is 1.85. The van der Waals surface area contributed by atoms with Crippen molar-refractivity contribution in [1.82, 2.24) is 14.4 Å². The number of rotatable bonds is 5. The first kappa shape index (κ1) is 18.8. The average molecular weight is 390 g/mol. The third-order valence-corrected chi connectivity index (χ3v) is 5.11. The van der Waals surface area contributed by atoms with E-state index in [1.54, 1.807) is 6.92 Å². The highest BCUT2D eigenvalue weighted by molar-refractivity contribution is 7.88. The molecule has 3 rings (SSSR count). The molecule has 9 nitrogen and oxygen atoms in total. The Morgan fingerprint density at radius 1 is 1.22 bits per heavy atom. The molecular weight excluding hydrogens is 372 g/mol. The van der Waals surface area contributed by atoms with Crippen LogP contribution in [0.25, 0.3) is 11.4 Å². The second-order valence-electron chi connectivity index (χ2n) is 5.84. The normalized spacial score (nSPS) is 15.9. The van der Waals surface area contributed by atoms with Crippen LogP contribution in [0.2, 0.25) is 0 Å². The molecular formula is C17H18N4O5S. The molecule has 1 aliphatic heterocycles. The Labute approximate surface area is 156 Å². The van der Waals surface area contributed by atoms with Gasteiger partial charge in [-0.05, 0) is 20.8 Å². The summed E-state index contributed by atoms with van der Waals surface area (Å²) in [6.45, 7) is 4.97. The van der Waals surface area contributed by atoms with Gasteiger partial charge in [-0.3, -0.25) is 0 Å². The lowest BCUT2D eigenvalue weighted by Crippen LogP contribution is -2.31. The molecule has 2 heterocycles. The number of carbonyl (C=O) groups excluding carboxylic acids is 1. The standard InChI is InChI=1S/C17H18N4O5S/c1-4-25-17(22)14-9-21(27(23,24)20-12(14)3)10-15-18-16(19-26-15)13-7-5-11(2)6-8-13/h5-9H,4,10H2,1-3H3. The summed E-state index contributed by atoms with van der Waals surface area (Å²) in [5, 5.41) is 3.87. The van der Waals surface area contributed by atoms with Crippen molar-refractivity contribution < 1.29 is 22.5 Å². The summed E-state index contributed by atoms with van der Waals surface area (Å²) in [5.41, 5.74) is 1.96. The molecule has 1 aromatic heterocycles. The summed E-state index contributed by atoms with van der Waals surface area (Å²) in [6, 6.07) is 7.50. The van der Waals surface area contributed by atoms with E-state index in [4.69, 9.17) is 9.26 Å². The van der Waals surface area contributed by atoms with Gasteiger partial charge in [0.15, 0.2) is 0 Å². The van der Waals surface area contributed by atoms with E-state index in [9.17, 15) is 13.2 Å². The van der Waals surface area contributed by atoms with E-state index < -0.39 is 16.2 Å². The van der Waals surface area contributed by atoms with E-state index >= 15 is 0 Å². The molecule has 0 N–H and O–H groups in total. The number of ether oxygens (including phenoxy) is 1. The maximum absolute atomic E-state index is 12.3. The SMILES string of the molecule is CCOC(=O)C1=CN(Cc2nc(-c3ccc(C)cc3)no2)S(=O)(=O)N=C1C. The Morgan fingerprint density at radius 2 is 1.93 bits per heavy atom. The number of nitrogens with zero attached hydrogens (tertiary/aromatic N) is 4. The quantitative estimate of drug-likeness (QED) is 0.717. The van der Waals surface area contributed by atoms with Crippen molar-refractivity contribution in [1.29, 1.82) is 0 Å². The third-order valence-electron chi connectivity index (χ3n) is 3.78. The maximum atomic E-state index is 12.3. The third kappa shape index (κ3) is 4.05. The van der Waals surface area contributed by atoms with Gasteiger partial charge in [0.25, 0.3) is 0 Å². The highest BCUT2D eigenvalue weighted by atomic mass is 32.2. The average Bonchev–Trinajstić information content (AvgIpc) is 3.06. The van der Waals surface area contributed by atoms with E-state index in [1.807, 2.05) is 31.2 Å². The molecule has 0 aliphatic carbocycles. The maximum Gasteiger partial charge on any atom is 0.344 e. The lowest BCUT2D eigenvalue weighted by atomic mass is 10.1. The molecule has 0 spiro atoms. The van der Waals surface area contributed by atoms with Gasteiger partial charge in [-0.1, -0.05) is 35.0 Å². The molecule has 0 radical (unpaired) electrons. The summed E-state index contributed by atoms with van der Waals surface area (Å²) in [6.07, 6.45) is 1.17. The molecule has 1 aliphatic rings. The molecule has 142 valence electrons. The largest absolute Gasteiger partial charge is 0.462 e. The van der Waals surface area contributed by atoms with Crippen molar-refractivity contribution in [2.24, 2.45) is 4.40 Å². The van der Waals surface area contributed by atoms with Gasteiger partial charge in [-0.25, -0.2) is 9.10 Å².